The van der Waals surface area contributed by atoms with Gasteiger partial charge in [0.2, 0.25) is 0 Å². The van der Waals surface area contributed by atoms with Gasteiger partial charge in [-0.15, -0.1) is 0 Å². The van der Waals surface area contributed by atoms with E-state index in [1.54, 1.807) is 12.1 Å². The van der Waals surface area contributed by atoms with Gasteiger partial charge in [-0.1, -0.05) is 60.7 Å². The molecule has 0 aromatic heterocycles. The van der Waals surface area contributed by atoms with Crippen molar-refractivity contribution >= 4 is 10.8 Å². The largest absolute Gasteiger partial charge is 0.504 e. The van der Waals surface area contributed by atoms with E-state index in [-0.39, 0.29) is 17.6 Å². The van der Waals surface area contributed by atoms with Crippen LogP contribution in [-0.4, -0.2) is 16.3 Å². The molecule has 0 amide bonds. The van der Waals surface area contributed by atoms with E-state index >= 15 is 0 Å². The number of phenolic OH excluding ortho intramolecular Hbond substituents is 2. The third-order valence-electron chi connectivity index (χ3n) is 4.69. The molecule has 0 aliphatic carbocycles. The fourth-order valence-electron chi connectivity index (χ4n) is 3.49. The van der Waals surface area contributed by atoms with Crippen LogP contribution in [0.15, 0.2) is 78.9 Å². The van der Waals surface area contributed by atoms with Crippen LogP contribution < -0.4 is 4.74 Å². The number of hydrogen-bond donors (Lipinski definition) is 2. The van der Waals surface area contributed by atoms with Gasteiger partial charge >= 0.3 is 0 Å². The monoisotopic (exact) mass is 370 g/mol. The van der Waals surface area contributed by atoms with Crippen molar-refractivity contribution < 1.29 is 14.9 Å². The van der Waals surface area contributed by atoms with Gasteiger partial charge in [-0.2, -0.15) is 0 Å². The first kappa shape index (κ1) is 17.9. The third kappa shape index (κ3) is 3.27. The Hall–Kier alpha value is -3.46. The van der Waals surface area contributed by atoms with Crippen molar-refractivity contribution in [3.63, 3.8) is 0 Å². The Kier molecular flexibility index (Phi) is 4.66. The van der Waals surface area contributed by atoms with E-state index in [0.29, 0.717) is 5.75 Å². The fourth-order valence-corrected chi connectivity index (χ4v) is 3.49. The van der Waals surface area contributed by atoms with Crippen LogP contribution in [-0.2, 0) is 0 Å². The van der Waals surface area contributed by atoms with E-state index in [1.807, 2.05) is 56.3 Å². The first-order valence-electron chi connectivity index (χ1n) is 9.35. The summed E-state index contributed by atoms with van der Waals surface area (Å²) in [6, 6.07) is 25.4. The summed E-state index contributed by atoms with van der Waals surface area (Å²) in [5.41, 5.74) is 4.08. The topological polar surface area (TPSA) is 49.7 Å². The molecule has 28 heavy (non-hydrogen) atoms. The van der Waals surface area contributed by atoms with Crippen molar-refractivity contribution in [3.8, 4) is 39.5 Å². The van der Waals surface area contributed by atoms with Crippen molar-refractivity contribution in [3.05, 3.63) is 78.9 Å². The van der Waals surface area contributed by atoms with Crippen LogP contribution in [0.5, 0.6) is 17.2 Å². The summed E-state index contributed by atoms with van der Waals surface area (Å²) in [7, 11) is 0. The van der Waals surface area contributed by atoms with E-state index < -0.39 is 0 Å². The van der Waals surface area contributed by atoms with Crippen LogP contribution in [0.4, 0.5) is 0 Å². The molecule has 0 saturated heterocycles. The van der Waals surface area contributed by atoms with Crippen molar-refractivity contribution in [1.82, 2.24) is 0 Å². The minimum Gasteiger partial charge on any atom is -0.504 e. The fraction of sp³-hybridized carbons (Fsp3) is 0.120. The van der Waals surface area contributed by atoms with Gasteiger partial charge in [-0.05, 0) is 54.1 Å². The highest BCUT2D eigenvalue weighted by Gasteiger charge is 2.20. The second kappa shape index (κ2) is 7.28. The van der Waals surface area contributed by atoms with Crippen LogP contribution in [0.25, 0.3) is 33.0 Å². The average molecular weight is 370 g/mol. The van der Waals surface area contributed by atoms with E-state index in [1.165, 1.54) is 0 Å². The predicted octanol–water partition coefficient (Wildman–Crippen LogP) is 6.37. The second-order valence-corrected chi connectivity index (χ2v) is 7.09. The van der Waals surface area contributed by atoms with Gasteiger partial charge < -0.3 is 14.9 Å². The molecule has 2 N–H and O–H groups in total. The Bertz CT molecular complexity index is 1120. The van der Waals surface area contributed by atoms with Crippen molar-refractivity contribution in [2.45, 2.75) is 20.0 Å². The van der Waals surface area contributed by atoms with Crippen molar-refractivity contribution in [1.29, 1.82) is 0 Å². The van der Waals surface area contributed by atoms with Crippen LogP contribution in [0.1, 0.15) is 13.8 Å². The quantitative estimate of drug-likeness (QED) is 0.410. The lowest BCUT2D eigenvalue weighted by molar-refractivity contribution is 0.246. The Labute approximate surface area is 164 Å². The molecule has 3 heteroatoms. The van der Waals surface area contributed by atoms with Gasteiger partial charge in [0.15, 0.2) is 11.5 Å². The molecule has 140 valence electrons. The predicted molar refractivity (Wildman–Crippen MR) is 114 cm³/mol. The maximum atomic E-state index is 10.1. The maximum Gasteiger partial charge on any atom is 0.158 e. The lowest BCUT2D eigenvalue weighted by Crippen LogP contribution is -2.07. The second-order valence-electron chi connectivity index (χ2n) is 7.09. The van der Waals surface area contributed by atoms with E-state index in [4.69, 9.17) is 4.74 Å². The summed E-state index contributed by atoms with van der Waals surface area (Å²) < 4.78 is 6.28. The third-order valence-corrected chi connectivity index (χ3v) is 4.69. The molecule has 3 nitrogen and oxygen atoms in total. The summed E-state index contributed by atoms with van der Waals surface area (Å²) in [5, 5.41) is 21.7. The zero-order valence-electron chi connectivity index (χ0n) is 15.9. The van der Waals surface area contributed by atoms with Gasteiger partial charge in [-0.3, -0.25) is 0 Å². The highest BCUT2D eigenvalue weighted by atomic mass is 16.5. The molecule has 4 rings (SSSR count). The van der Waals surface area contributed by atoms with Crippen LogP contribution >= 0.6 is 0 Å². The van der Waals surface area contributed by atoms with Gasteiger partial charge in [0, 0.05) is 10.9 Å². The molecule has 4 aromatic carbocycles. The Morgan fingerprint density at radius 1 is 0.714 bits per heavy atom. The minimum atomic E-state index is -0.160. The Morgan fingerprint density at radius 3 is 1.89 bits per heavy atom. The summed E-state index contributed by atoms with van der Waals surface area (Å²) in [4.78, 5) is 0. The molecule has 0 radical (unpaired) electrons. The molecular formula is C25H22O3. The molecule has 0 saturated carbocycles. The SMILES string of the molecule is CC(C)Oc1c(-c2ccccc2)c(-c2ccccc2)cc2cc(O)c(O)cc12. The van der Waals surface area contributed by atoms with E-state index in [0.717, 1.165) is 33.0 Å². The summed E-state index contributed by atoms with van der Waals surface area (Å²) in [5.74, 6) is 0.398. The molecular weight excluding hydrogens is 348 g/mol. The number of benzene rings is 4. The number of hydrogen-bond acceptors (Lipinski definition) is 3. The van der Waals surface area contributed by atoms with Gasteiger partial charge in [0.25, 0.3) is 0 Å². The first-order chi connectivity index (χ1) is 13.5. The molecule has 0 spiro atoms. The number of fused-ring (bicyclic) bond motifs is 1. The molecule has 0 bridgehead atoms. The number of rotatable bonds is 4. The lowest BCUT2D eigenvalue weighted by atomic mass is 9.90. The highest BCUT2D eigenvalue weighted by molar-refractivity contribution is 6.03. The normalized spacial score (nSPS) is 11.1. The molecule has 0 unspecified atom stereocenters. The number of phenols is 2. The van der Waals surface area contributed by atoms with E-state index in [2.05, 4.69) is 24.3 Å². The zero-order chi connectivity index (χ0) is 19.7. The van der Waals surface area contributed by atoms with Gasteiger partial charge in [-0.25, -0.2) is 0 Å². The molecule has 0 heterocycles. The summed E-state index contributed by atoms with van der Waals surface area (Å²) >= 11 is 0. The van der Waals surface area contributed by atoms with E-state index in [9.17, 15) is 10.2 Å². The Balaban J connectivity index is 2.15. The molecule has 4 aromatic rings. The smallest absolute Gasteiger partial charge is 0.158 e. The highest BCUT2D eigenvalue weighted by Crippen LogP contribution is 2.46. The van der Waals surface area contributed by atoms with Crippen LogP contribution in [0.3, 0.4) is 0 Å². The van der Waals surface area contributed by atoms with Crippen LogP contribution in [0.2, 0.25) is 0 Å². The first-order valence-corrected chi connectivity index (χ1v) is 9.35. The standard InChI is InChI=1S/C25H22O3/c1-16(2)28-25-21-15-23(27)22(26)14-19(21)13-20(17-9-5-3-6-10-17)24(25)18-11-7-4-8-12-18/h3-16,26-27H,1-2H3. The van der Waals surface area contributed by atoms with Gasteiger partial charge in [0.05, 0.1) is 6.10 Å². The zero-order valence-corrected chi connectivity index (χ0v) is 15.9. The number of ether oxygens (including phenoxy) is 1. The summed E-state index contributed by atoms with van der Waals surface area (Å²) in [6.45, 7) is 3.96. The minimum absolute atomic E-state index is 0.0485. The number of aromatic hydroxyl groups is 2. The van der Waals surface area contributed by atoms with Crippen molar-refractivity contribution in [2.24, 2.45) is 0 Å². The molecule has 0 atom stereocenters. The van der Waals surface area contributed by atoms with Crippen molar-refractivity contribution in [2.75, 3.05) is 0 Å². The molecule has 0 aliphatic rings. The van der Waals surface area contributed by atoms with Gasteiger partial charge in [0.1, 0.15) is 5.75 Å². The maximum absolute atomic E-state index is 10.1. The van der Waals surface area contributed by atoms with Crippen LogP contribution in [0, 0.1) is 0 Å². The Morgan fingerprint density at radius 2 is 1.29 bits per heavy atom. The average Bonchev–Trinajstić information content (AvgIpc) is 2.70. The molecule has 0 aliphatic heterocycles. The lowest BCUT2D eigenvalue weighted by Gasteiger charge is -2.21. The summed E-state index contributed by atoms with van der Waals surface area (Å²) in [6.07, 6.45) is -0.0485. The molecule has 0 fully saturated rings.